The Balaban J connectivity index is 2.00. The van der Waals surface area contributed by atoms with E-state index in [1.54, 1.807) is 19.2 Å². The van der Waals surface area contributed by atoms with Crippen molar-refractivity contribution in [3.8, 4) is 11.8 Å². The topological polar surface area (TPSA) is 115 Å². The zero-order valence-corrected chi connectivity index (χ0v) is 17.0. The van der Waals surface area contributed by atoms with E-state index in [4.69, 9.17) is 9.72 Å². The van der Waals surface area contributed by atoms with Gasteiger partial charge in [0.05, 0.1) is 35.2 Å². The number of aliphatic carboxylic acids is 1. The second-order valence-corrected chi connectivity index (χ2v) is 7.69. The first kappa shape index (κ1) is 19.5. The van der Waals surface area contributed by atoms with Crippen LogP contribution in [0.4, 0.5) is 0 Å². The molecule has 30 heavy (non-hydrogen) atoms. The molecular formula is C23H22N4O3. The Hall–Kier alpha value is -3.79. The molecule has 7 heteroatoms. The Morgan fingerprint density at radius 1 is 1.33 bits per heavy atom. The number of rotatable bonds is 6. The highest BCUT2D eigenvalue weighted by atomic mass is 16.5. The number of ether oxygens (including phenoxy) is 1. The van der Waals surface area contributed by atoms with E-state index < -0.39 is 11.4 Å². The monoisotopic (exact) mass is 402 g/mol. The fraction of sp³-hybridized carbons (Fsp3) is 0.261. The third kappa shape index (κ3) is 3.07. The van der Waals surface area contributed by atoms with Gasteiger partial charge in [-0.25, -0.2) is 4.98 Å². The summed E-state index contributed by atoms with van der Waals surface area (Å²) in [5.74, 6) is 0.449. The Bertz CT molecular complexity index is 1310. The van der Waals surface area contributed by atoms with Gasteiger partial charge in [0.1, 0.15) is 11.6 Å². The molecule has 152 valence electrons. The molecule has 0 aliphatic rings. The van der Waals surface area contributed by atoms with Crippen molar-refractivity contribution in [1.82, 2.24) is 15.0 Å². The summed E-state index contributed by atoms with van der Waals surface area (Å²) in [5, 5.41) is 19.6. The predicted molar refractivity (Wildman–Crippen MR) is 114 cm³/mol. The third-order valence-corrected chi connectivity index (χ3v) is 5.75. The average molecular weight is 402 g/mol. The number of hydrogen-bond donors (Lipinski definition) is 3. The number of aromatic amines is 2. The van der Waals surface area contributed by atoms with Crippen molar-refractivity contribution in [1.29, 1.82) is 5.26 Å². The number of fused-ring (bicyclic) bond motifs is 2. The van der Waals surface area contributed by atoms with Gasteiger partial charge in [-0.05, 0) is 56.2 Å². The highest BCUT2D eigenvalue weighted by Gasteiger charge is 2.37. The molecule has 7 nitrogen and oxygen atoms in total. The van der Waals surface area contributed by atoms with Crippen molar-refractivity contribution in [2.45, 2.75) is 32.1 Å². The van der Waals surface area contributed by atoms with Crippen LogP contribution in [-0.4, -0.2) is 33.1 Å². The van der Waals surface area contributed by atoms with Gasteiger partial charge in [0.15, 0.2) is 0 Å². The van der Waals surface area contributed by atoms with Crippen LogP contribution in [-0.2, 0) is 10.2 Å². The van der Waals surface area contributed by atoms with Gasteiger partial charge < -0.3 is 19.8 Å². The van der Waals surface area contributed by atoms with Crippen molar-refractivity contribution >= 4 is 27.9 Å². The number of carboxylic acids is 1. The number of aryl methyl sites for hydroxylation is 1. The van der Waals surface area contributed by atoms with Crippen LogP contribution in [0.2, 0.25) is 0 Å². The van der Waals surface area contributed by atoms with E-state index in [0.717, 1.165) is 27.5 Å². The molecule has 1 atom stereocenters. The second kappa shape index (κ2) is 7.23. The average Bonchev–Trinajstić information content (AvgIpc) is 3.38. The van der Waals surface area contributed by atoms with E-state index in [0.29, 0.717) is 29.1 Å². The minimum absolute atomic E-state index is 0.0278. The number of methoxy groups -OCH3 is 1. The van der Waals surface area contributed by atoms with Gasteiger partial charge in [0.2, 0.25) is 0 Å². The minimum atomic E-state index is -0.875. The predicted octanol–water partition coefficient (Wildman–Crippen LogP) is 4.40. The molecule has 0 amide bonds. The van der Waals surface area contributed by atoms with Crippen molar-refractivity contribution in [3.63, 3.8) is 0 Å². The zero-order chi connectivity index (χ0) is 21.5. The zero-order valence-electron chi connectivity index (χ0n) is 17.0. The molecule has 2 aromatic heterocycles. The molecular weight excluding hydrogens is 380 g/mol. The Morgan fingerprint density at radius 3 is 2.83 bits per heavy atom. The second-order valence-electron chi connectivity index (χ2n) is 7.69. The molecule has 2 heterocycles. The van der Waals surface area contributed by atoms with Crippen LogP contribution in [0.3, 0.4) is 0 Å². The molecule has 4 rings (SSSR count). The smallest absolute Gasteiger partial charge is 0.303 e. The lowest BCUT2D eigenvalue weighted by Crippen LogP contribution is -2.27. The van der Waals surface area contributed by atoms with Gasteiger partial charge in [-0.2, -0.15) is 5.26 Å². The summed E-state index contributed by atoms with van der Waals surface area (Å²) in [5.41, 5.74) is 4.13. The normalized spacial score (nSPS) is 13.3. The Kier molecular flexibility index (Phi) is 4.70. The van der Waals surface area contributed by atoms with E-state index in [9.17, 15) is 15.2 Å². The van der Waals surface area contributed by atoms with Crippen LogP contribution in [0, 0.1) is 18.3 Å². The summed E-state index contributed by atoms with van der Waals surface area (Å²) >= 11 is 0. The number of carbonyl (C=O) groups is 1. The number of nitriles is 1. The van der Waals surface area contributed by atoms with Gasteiger partial charge in [-0.3, -0.25) is 4.79 Å². The SMILES string of the molecule is COc1cc(C)c2[nH]ccc2c1C(C)(CCC(=O)O)c1nc2cc(C#N)ccc2[nH]1. The van der Waals surface area contributed by atoms with E-state index in [1.165, 1.54) is 0 Å². The summed E-state index contributed by atoms with van der Waals surface area (Å²) in [6, 6.07) is 11.4. The van der Waals surface area contributed by atoms with E-state index in [-0.39, 0.29) is 6.42 Å². The quantitative estimate of drug-likeness (QED) is 0.442. The molecule has 0 bridgehead atoms. The first-order valence-electron chi connectivity index (χ1n) is 9.64. The summed E-state index contributed by atoms with van der Waals surface area (Å²) < 4.78 is 5.74. The van der Waals surface area contributed by atoms with Gasteiger partial charge >= 0.3 is 5.97 Å². The van der Waals surface area contributed by atoms with Gasteiger partial charge in [-0.15, -0.1) is 0 Å². The van der Waals surface area contributed by atoms with Crippen LogP contribution in [0.15, 0.2) is 36.5 Å². The summed E-state index contributed by atoms with van der Waals surface area (Å²) in [4.78, 5) is 22.9. The lowest BCUT2D eigenvalue weighted by molar-refractivity contribution is -0.137. The van der Waals surface area contributed by atoms with Crippen LogP contribution in [0.5, 0.6) is 5.75 Å². The number of aromatic nitrogens is 3. The molecule has 0 fully saturated rings. The third-order valence-electron chi connectivity index (χ3n) is 5.75. The highest BCUT2D eigenvalue weighted by Crippen LogP contribution is 2.45. The number of nitrogens with zero attached hydrogens (tertiary/aromatic N) is 2. The number of benzene rings is 2. The number of H-pyrrole nitrogens is 2. The Morgan fingerprint density at radius 2 is 2.13 bits per heavy atom. The van der Waals surface area contributed by atoms with Crippen molar-refractivity contribution in [3.05, 3.63) is 59.0 Å². The lowest BCUT2D eigenvalue weighted by atomic mass is 9.75. The molecule has 0 aliphatic heterocycles. The molecule has 0 spiro atoms. The van der Waals surface area contributed by atoms with E-state index in [2.05, 4.69) is 16.0 Å². The van der Waals surface area contributed by atoms with Crippen molar-refractivity contribution < 1.29 is 14.6 Å². The minimum Gasteiger partial charge on any atom is -0.496 e. The standard InChI is InChI=1S/C23H22N4O3/c1-13-10-18(30-3)20(15-7-9-25-21(13)15)23(2,8-6-19(28)29)22-26-16-5-4-14(12-24)11-17(16)27-22/h4-5,7,9-11,25H,6,8H2,1-3H3,(H,26,27)(H,28,29). The molecule has 2 aromatic carbocycles. The molecule has 1 unspecified atom stereocenters. The fourth-order valence-corrected chi connectivity index (χ4v) is 4.16. The van der Waals surface area contributed by atoms with Crippen LogP contribution in [0.1, 0.15) is 42.3 Å². The Labute approximate surface area is 173 Å². The van der Waals surface area contributed by atoms with Crippen LogP contribution < -0.4 is 4.74 Å². The maximum atomic E-state index is 11.5. The fourth-order valence-electron chi connectivity index (χ4n) is 4.16. The molecule has 0 radical (unpaired) electrons. The van der Waals surface area contributed by atoms with Crippen LogP contribution >= 0.6 is 0 Å². The number of hydrogen-bond acceptors (Lipinski definition) is 4. The maximum Gasteiger partial charge on any atom is 0.303 e. The highest BCUT2D eigenvalue weighted by molar-refractivity contribution is 5.90. The van der Waals surface area contributed by atoms with Gasteiger partial charge in [0, 0.05) is 29.1 Å². The largest absolute Gasteiger partial charge is 0.496 e. The number of imidazole rings is 1. The maximum absolute atomic E-state index is 11.5. The van der Waals surface area contributed by atoms with Gasteiger partial charge in [-0.1, -0.05) is 0 Å². The summed E-state index contributed by atoms with van der Waals surface area (Å²) in [7, 11) is 1.62. The first-order valence-corrected chi connectivity index (χ1v) is 9.64. The first-order chi connectivity index (χ1) is 14.4. The van der Waals surface area contributed by atoms with Gasteiger partial charge in [0.25, 0.3) is 0 Å². The molecule has 0 saturated heterocycles. The number of carboxylic acid groups (broad SMARTS) is 1. The molecule has 4 aromatic rings. The number of nitrogens with one attached hydrogen (secondary N) is 2. The van der Waals surface area contributed by atoms with E-state index >= 15 is 0 Å². The molecule has 0 saturated carbocycles. The molecule has 3 N–H and O–H groups in total. The lowest BCUT2D eigenvalue weighted by Gasteiger charge is -2.30. The van der Waals surface area contributed by atoms with Crippen LogP contribution in [0.25, 0.3) is 21.9 Å². The van der Waals surface area contributed by atoms with E-state index in [1.807, 2.05) is 38.2 Å². The summed E-state index contributed by atoms with van der Waals surface area (Å²) in [6.45, 7) is 3.99. The van der Waals surface area contributed by atoms with Crippen molar-refractivity contribution in [2.24, 2.45) is 0 Å². The van der Waals surface area contributed by atoms with Crippen molar-refractivity contribution in [2.75, 3.05) is 7.11 Å². The summed E-state index contributed by atoms with van der Waals surface area (Å²) in [6.07, 6.45) is 2.17. The molecule has 0 aliphatic carbocycles.